The van der Waals surface area contributed by atoms with Gasteiger partial charge in [0, 0.05) is 18.5 Å². The quantitative estimate of drug-likeness (QED) is 0.703. The monoisotopic (exact) mass is 359 g/mol. The Morgan fingerprint density at radius 1 is 1.12 bits per heavy atom. The Morgan fingerprint density at radius 2 is 1.84 bits per heavy atom. The molecule has 130 valence electrons. The number of nitrogens with one attached hydrogen (secondary N) is 2. The van der Waals surface area contributed by atoms with Crippen molar-refractivity contribution < 1.29 is 17.6 Å². The van der Waals surface area contributed by atoms with Gasteiger partial charge in [-0.05, 0) is 43.4 Å². The Balaban J connectivity index is 1.59. The third-order valence-electron chi connectivity index (χ3n) is 3.62. The molecule has 7 nitrogen and oxygen atoms in total. The fourth-order valence-corrected chi connectivity index (χ4v) is 3.04. The normalized spacial score (nSPS) is 11.6. The highest BCUT2D eigenvalue weighted by molar-refractivity contribution is 7.89. The van der Waals surface area contributed by atoms with Gasteiger partial charge in [0.2, 0.25) is 15.9 Å². The van der Waals surface area contributed by atoms with Gasteiger partial charge >= 0.3 is 0 Å². The summed E-state index contributed by atoms with van der Waals surface area (Å²) in [5.41, 5.74) is 1.98. The standard InChI is InChI=1S/C17H17N3O4S/c1-18-25(22,23)13-8-6-12(7-9-13)19-16(21)10-11-17-20-14-4-2-3-5-15(14)24-17/h2-9,18H,10-11H2,1H3,(H,19,21). The van der Waals surface area contributed by atoms with Crippen LogP contribution in [-0.4, -0.2) is 26.4 Å². The Kier molecular flexibility index (Phi) is 4.82. The molecule has 0 spiro atoms. The highest BCUT2D eigenvalue weighted by Crippen LogP contribution is 2.17. The van der Waals surface area contributed by atoms with E-state index in [-0.39, 0.29) is 17.2 Å². The number of benzene rings is 2. The predicted octanol–water partition coefficient (Wildman–Crippen LogP) is 2.31. The number of hydrogen-bond donors (Lipinski definition) is 2. The van der Waals surface area contributed by atoms with Crippen molar-refractivity contribution in [2.75, 3.05) is 12.4 Å². The van der Waals surface area contributed by atoms with Crippen molar-refractivity contribution in [1.82, 2.24) is 9.71 Å². The van der Waals surface area contributed by atoms with Crippen LogP contribution >= 0.6 is 0 Å². The van der Waals surface area contributed by atoms with Gasteiger partial charge in [0.15, 0.2) is 11.5 Å². The lowest BCUT2D eigenvalue weighted by atomic mass is 10.2. The molecule has 2 N–H and O–H groups in total. The van der Waals surface area contributed by atoms with E-state index in [9.17, 15) is 13.2 Å². The molecule has 3 rings (SSSR count). The molecule has 1 aromatic heterocycles. The third-order valence-corrected chi connectivity index (χ3v) is 5.05. The molecule has 1 heterocycles. The van der Waals surface area contributed by atoms with E-state index in [2.05, 4.69) is 15.0 Å². The van der Waals surface area contributed by atoms with E-state index in [1.807, 2.05) is 24.3 Å². The number of aryl methyl sites for hydroxylation is 1. The second kappa shape index (κ2) is 7.04. The molecule has 25 heavy (non-hydrogen) atoms. The van der Waals surface area contributed by atoms with Gasteiger partial charge in [-0.1, -0.05) is 12.1 Å². The summed E-state index contributed by atoms with van der Waals surface area (Å²) in [6, 6.07) is 13.4. The maximum atomic E-state index is 12.0. The third kappa shape index (κ3) is 4.04. The lowest BCUT2D eigenvalue weighted by Gasteiger charge is -2.06. The maximum absolute atomic E-state index is 12.0. The van der Waals surface area contributed by atoms with Crippen molar-refractivity contribution >= 4 is 32.7 Å². The van der Waals surface area contributed by atoms with Gasteiger partial charge in [0.25, 0.3) is 0 Å². The fourth-order valence-electron chi connectivity index (χ4n) is 2.31. The zero-order chi connectivity index (χ0) is 17.9. The number of carbonyl (C=O) groups excluding carboxylic acids is 1. The molecule has 0 bridgehead atoms. The minimum Gasteiger partial charge on any atom is -0.441 e. The molecule has 0 aliphatic carbocycles. The Labute approximate surface area is 145 Å². The molecule has 0 atom stereocenters. The highest BCUT2D eigenvalue weighted by atomic mass is 32.2. The van der Waals surface area contributed by atoms with Gasteiger partial charge in [-0.15, -0.1) is 0 Å². The van der Waals surface area contributed by atoms with Crippen LogP contribution in [0, 0.1) is 0 Å². The van der Waals surface area contributed by atoms with E-state index >= 15 is 0 Å². The molecule has 0 unspecified atom stereocenters. The first-order valence-electron chi connectivity index (χ1n) is 7.66. The lowest BCUT2D eigenvalue weighted by molar-refractivity contribution is -0.116. The molecule has 0 radical (unpaired) electrons. The summed E-state index contributed by atoms with van der Waals surface area (Å²) in [4.78, 5) is 16.5. The van der Waals surface area contributed by atoms with Gasteiger partial charge in [-0.3, -0.25) is 4.79 Å². The molecular formula is C17H17N3O4S. The Hall–Kier alpha value is -2.71. The number of amides is 1. The van der Waals surface area contributed by atoms with Crippen molar-refractivity contribution in [3.8, 4) is 0 Å². The predicted molar refractivity (Wildman–Crippen MR) is 93.6 cm³/mol. The van der Waals surface area contributed by atoms with Gasteiger partial charge in [-0.2, -0.15) is 0 Å². The summed E-state index contributed by atoms with van der Waals surface area (Å²) in [6.07, 6.45) is 0.593. The molecular weight excluding hydrogens is 342 g/mol. The number of nitrogens with zero attached hydrogens (tertiary/aromatic N) is 1. The molecule has 3 aromatic rings. The van der Waals surface area contributed by atoms with Crippen molar-refractivity contribution in [3.63, 3.8) is 0 Å². The molecule has 0 aliphatic rings. The van der Waals surface area contributed by atoms with E-state index in [0.717, 1.165) is 5.52 Å². The second-order valence-electron chi connectivity index (χ2n) is 5.36. The van der Waals surface area contributed by atoms with Crippen LogP contribution in [-0.2, 0) is 21.2 Å². The summed E-state index contributed by atoms with van der Waals surface area (Å²) < 4.78 is 31.1. The molecule has 0 saturated heterocycles. The minimum atomic E-state index is -3.49. The van der Waals surface area contributed by atoms with Crippen LogP contribution < -0.4 is 10.0 Å². The number of aromatic nitrogens is 1. The summed E-state index contributed by atoms with van der Waals surface area (Å²) >= 11 is 0. The first-order valence-corrected chi connectivity index (χ1v) is 9.14. The molecule has 0 fully saturated rings. The van der Waals surface area contributed by atoms with Crippen molar-refractivity contribution in [3.05, 3.63) is 54.4 Å². The van der Waals surface area contributed by atoms with Crippen LogP contribution in [0.2, 0.25) is 0 Å². The number of oxazole rings is 1. The zero-order valence-corrected chi connectivity index (χ0v) is 14.3. The van der Waals surface area contributed by atoms with Crippen molar-refractivity contribution in [2.45, 2.75) is 17.7 Å². The van der Waals surface area contributed by atoms with Crippen LogP contribution in [0.3, 0.4) is 0 Å². The number of rotatable bonds is 6. The molecule has 8 heteroatoms. The molecule has 1 amide bonds. The van der Waals surface area contributed by atoms with Gasteiger partial charge in [0.05, 0.1) is 4.90 Å². The van der Waals surface area contributed by atoms with Crippen molar-refractivity contribution in [2.24, 2.45) is 0 Å². The summed E-state index contributed by atoms with van der Waals surface area (Å²) in [7, 11) is -2.14. The maximum Gasteiger partial charge on any atom is 0.240 e. The average Bonchev–Trinajstić information content (AvgIpc) is 3.03. The average molecular weight is 359 g/mol. The number of carbonyl (C=O) groups is 1. The molecule has 2 aromatic carbocycles. The lowest BCUT2D eigenvalue weighted by Crippen LogP contribution is -2.18. The largest absolute Gasteiger partial charge is 0.441 e. The van der Waals surface area contributed by atoms with Gasteiger partial charge in [0.1, 0.15) is 5.52 Å². The second-order valence-corrected chi connectivity index (χ2v) is 7.24. The molecule has 0 aliphatic heterocycles. The highest BCUT2D eigenvalue weighted by Gasteiger charge is 2.12. The zero-order valence-electron chi connectivity index (χ0n) is 13.5. The SMILES string of the molecule is CNS(=O)(=O)c1ccc(NC(=O)CCc2nc3ccccc3o2)cc1. The summed E-state index contributed by atoms with van der Waals surface area (Å²) in [5, 5.41) is 2.72. The Morgan fingerprint density at radius 3 is 2.52 bits per heavy atom. The fraction of sp³-hybridized carbons (Fsp3) is 0.176. The van der Waals surface area contributed by atoms with E-state index < -0.39 is 10.0 Å². The van der Waals surface area contributed by atoms with Crippen LogP contribution in [0.4, 0.5) is 5.69 Å². The van der Waals surface area contributed by atoms with Crippen LogP contribution in [0.1, 0.15) is 12.3 Å². The minimum absolute atomic E-state index is 0.138. The number of anilines is 1. The van der Waals surface area contributed by atoms with Crippen molar-refractivity contribution in [1.29, 1.82) is 0 Å². The van der Waals surface area contributed by atoms with Crippen LogP contribution in [0.15, 0.2) is 57.8 Å². The Bertz CT molecular complexity index is 961. The summed E-state index contributed by atoms with van der Waals surface area (Å²) in [5.74, 6) is 0.304. The van der Waals surface area contributed by atoms with Crippen LogP contribution in [0.5, 0.6) is 0 Å². The topological polar surface area (TPSA) is 101 Å². The van der Waals surface area contributed by atoms with Crippen LogP contribution in [0.25, 0.3) is 11.1 Å². The smallest absolute Gasteiger partial charge is 0.240 e. The first-order chi connectivity index (χ1) is 12.0. The number of hydrogen-bond acceptors (Lipinski definition) is 5. The number of para-hydroxylation sites is 2. The number of fused-ring (bicyclic) bond motifs is 1. The summed E-state index contributed by atoms with van der Waals surface area (Å²) in [6.45, 7) is 0. The molecule has 0 saturated carbocycles. The number of sulfonamides is 1. The van der Waals surface area contributed by atoms with E-state index in [4.69, 9.17) is 4.42 Å². The first kappa shape index (κ1) is 17.1. The van der Waals surface area contributed by atoms with E-state index in [1.54, 1.807) is 12.1 Å². The van der Waals surface area contributed by atoms with E-state index in [0.29, 0.717) is 23.6 Å². The van der Waals surface area contributed by atoms with E-state index in [1.165, 1.54) is 19.2 Å². The van der Waals surface area contributed by atoms with Gasteiger partial charge in [-0.25, -0.2) is 18.1 Å². The van der Waals surface area contributed by atoms with Gasteiger partial charge < -0.3 is 9.73 Å².